The number of carbonyl (C=O) groups is 2. The second kappa shape index (κ2) is 6.95. The number of hydrogen-bond acceptors (Lipinski definition) is 6. The number of carbonyl (C=O) groups excluding carboxylic acids is 2. The molecule has 1 aromatic carbocycles. The Balaban J connectivity index is 1.94. The van der Waals surface area contributed by atoms with Crippen molar-refractivity contribution in [2.75, 3.05) is 24.3 Å². The lowest BCUT2D eigenvalue weighted by molar-refractivity contribution is -0.123. The average Bonchev–Trinajstić information content (AvgIpc) is 2.92. The average molecular weight is 317 g/mol. The third-order valence-electron chi connectivity index (χ3n) is 3.15. The molecule has 0 bridgehead atoms. The number of nitrogens with zero attached hydrogens (tertiary/aromatic N) is 2. The van der Waals surface area contributed by atoms with Gasteiger partial charge in [-0.1, -0.05) is 5.16 Å². The number of ether oxygens (including phenoxy) is 1. The summed E-state index contributed by atoms with van der Waals surface area (Å²) in [4.78, 5) is 25.9. The van der Waals surface area contributed by atoms with E-state index in [-0.39, 0.29) is 5.82 Å². The van der Waals surface area contributed by atoms with Crippen LogP contribution in [0.4, 0.5) is 11.5 Å². The lowest BCUT2D eigenvalue weighted by atomic mass is 10.2. The molecule has 1 aromatic heterocycles. The summed E-state index contributed by atoms with van der Waals surface area (Å²) in [7, 11) is 3.82. The van der Waals surface area contributed by atoms with Crippen molar-refractivity contribution < 1.29 is 18.8 Å². The summed E-state index contributed by atoms with van der Waals surface area (Å²) in [5.74, 6) is -0.178. The Hall–Kier alpha value is -2.83. The van der Waals surface area contributed by atoms with Gasteiger partial charge in [0.15, 0.2) is 11.9 Å². The molecule has 0 saturated heterocycles. The van der Waals surface area contributed by atoms with E-state index in [9.17, 15) is 9.59 Å². The van der Waals surface area contributed by atoms with Crippen molar-refractivity contribution in [2.45, 2.75) is 20.0 Å². The number of anilines is 2. The van der Waals surface area contributed by atoms with E-state index in [1.165, 1.54) is 6.92 Å². The summed E-state index contributed by atoms with van der Waals surface area (Å²) < 4.78 is 10.0. The van der Waals surface area contributed by atoms with Crippen molar-refractivity contribution in [3.05, 3.63) is 41.7 Å². The van der Waals surface area contributed by atoms with E-state index < -0.39 is 18.0 Å². The fourth-order valence-electron chi connectivity index (χ4n) is 1.83. The minimum absolute atomic E-state index is 0.283. The summed E-state index contributed by atoms with van der Waals surface area (Å²) in [6, 6.07) is 8.50. The van der Waals surface area contributed by atoms with Crippen LogP contribution in [0.3, 0.4) is 0 Å². The van der Waals surface area contributed by atoms with Crippen LogP contribution in [0.5, 0.6) is 0 Å². The van der Waals surface area contributed by atoms with Gasteiger partial charge >= 0.3 is 5.97 Å². The molecule has 7 nitrogen and oxygen atoms in total. The van der Waals surface area contributed by atoms with Crippen molar-refractivity contribution in [1.29, 1.82) is 0 Å². The molecule has 0 aliphatic carbocycles. The number of benzene rings is 1. The van der Waals surface area contributed by atoms with E-state index in [1.54, 1.807) is 37.3 Å². The first kappa shape index (κ1) is 16.5. The number of rotatable bonds is 5. The highest BCUT2D eigenvalue weighted by Gasteiger charge is 2.20. The Morgan fingerprint density at radius 2 is 1.91 bits per heavy atom. The second-order valence-electron chi connectivity index (χ2n) is 5.30. The molecular formula is C16H19N3O4. The zero-order valence-electron chi connectivity index (χ0n) is 13.5. The van der Waals surface area contributed by atoms with Gasteiger partial charge in [-0.15, -0.1) is 0 Å². The number of aromatic nitrogens is 1. The van der Waals surface area contributed by atoms with Gasteiger partial charge in [-0.3, -0.25) is 4.79 Å². The number of hydrogen-bond donors (Lipinski definition) is 1. The van der Waals surface area contributed by atoms with E-state index >= 15 is 0 Å². The molecule has 1 atom stereocenters. The van der Waals surface area contributed by atoms with Crippen LogP contribution in [0.2, 0.25) is 0 Å². The maximum Gasteiger partial charge on any atom is 0.338 e. The molecule has 0 aliphatic rings. The Morgan fingerprint density at radius 1 is 1.26 bits per heavy atom. The Morgan fingerprint density at radius 3 is 2.43 bits per heavy atom. The molecule has 0 saturated carbocycles. The Bertz CT molecular complexity index is 692. The molecule has 0 aliphatic heterocycles. The van der Waals surface area contributed by atoms with Gasteiger partial charge in [0.05, 0.1) is 5.56 Å². The fourth-order valence-corrected chi connectivity index (χ4v) is 1.83. The summed E-state index contributed by atoms with van der Waals surface area (Å²) in [6.45, 7) is 3.21. The third-order valence-corrected chi connectivity index (χ3v) is 3.15. The molecule has 2 rings (SSSR count). The summed E-state index contributed by atoms with van der Waals surface area (Å²) in [5, 5.41) is 6.17. The zero-order valence-corrected chi connectivity index (χ0v) is 13.5. The lowest BCUT2D eigenvalue weighted by Gasteiger charge is -2.14. The highest BCUT2D eigenvalue weighted by molar-refractivity contribution is 5.96. The van der Waals surface area contributed by atoms with Crippen molar-refractivity contribution in [3.8, 4) is 0 Å². The number of nitrogens with one attached hydrogen (secondary N) is 1. The molecule has 0 unspecified atom stereocenters. The Labute approximate surface area is 134 Å². The topological polar surface area (TPSA) is 84.7 Å². The van der Waals surface area contributed by atoms with Gasteiger partial charge in [-0.2, -0.15) is 0 Å². The van der Waals surface area contributed by atoms with Crippen LogP contribution in [0.25, 0.3) is 0 Å². The zero-order chi connectivity index (χ0) is 17.0. The normalized spacial score (nSPS) is 11.7. The van der Waals surface area contributed by atoms with Crippen molar-refractivity contribution in [1.82, 2.24) is 5.16 Å². The first-order valence-corrected chi connectivity index (χ1v) is 7.09. The third kappa shape index (κ3) is 4.32. The molecule has 122 valence electrons. The van der Waals surface area contributed by atoms with Crippen LogP contribution in [0.1, 0.15) is 23.0 Å². The summed E-state index contributed by atoms with van der Waals surface area (Å²) >= 11 is 0. The number of esters is 1. The van der Waals surface area contributed by atoms with Crippen molar-refractivity contribution in [2.24, 2.45) is 0 Å². The van der Waals surface area contributed by atoms with E-state index in [0.717, 1.165) is 5.69 Å². The van der Waals surface area contributed by atoms with Crippen LogP contribution >= 0.6 is 0 Å². The highest BCUT2D eigenvalue weighted by Crippen LogP contribution is 2.14. The van der Waals surface area contributed by atoms with Gasteiger partial charge < -0.3 is 19.5 Å². The molecular weight excluding hydrogens is 298 g/mol. The standard InChI is InChI=1S/C16H19N3O4/c1-10-9-14(18-23-10)17-15(20)11(2)22-16(21)12-5-7-13(8-6-12)19(3)4/h5-9,11H,1-4H3,(H,17,18,20)/t11-/m1/s1. The molecule has 1 heterocycles. The first-order valence-electron chi connectivity index (χ1n) is 7.09. The van der Waals surface area contributed by atoms with Gasteiger partial charge in [0.1, 0.15) is 5.76 Å². The molecule has 1 N–H and O–H groups in total. The van der Waals surface area contributed by atoms with Gasteiger partial charge in [-0.05, 0) is 38.1 Å². The smallest absolute Gasteiger partial charge is 0.338 e. The minimum atomic E-state index is -0.951. The van der Waals surface area contributed by atoms with Gasteiger partial charge in [0.25, 0.3) is 5.91 Å². The highest BCUT2D eigenvalue weighted by atomic mass is 16.5. The van der Waals surface area contributed by atoms with Crippen LogP contribution in [-0.2, 0) is 9.53 Å². The Kier molecular flexibility index (Phi) is 5.00. The fraction of sp³-hybridized carbons (Fsp3) is 0.312. The molecule has 0 fully saturated rings. The summed E-state index contributed by atoms with van der Waals surface area (Å²) in [6.07, 6.45) is -0.951. The molecule has 7 heteroatoms. The van der Waals surface area contributed by atoms with Gasteiger partial charge in [0, 0.05) is 25.8 Å². The monoisotopic (exact) mass is 317 g/mol. The second-order valence-corrected chi connectivity index (χ2v) is 5.30. The van der Waals surface area contributed by atoms with E-state index in [0.29, 0.717) is 11.3 Å². The molecule has 0 radical (unpaired) electrons. The lowest BCUT2D eigenvalue weighted by Crippen LogP contribution is -2.30. The number of aryl methyl sites for hydroxylation is 1. The first-order chi connectivity index (χ1) is 10.9. The largest absolute Gasteiger partial charge is 0.449 e. The molecule has 2 aromatic rings. The van der Waals surface area contributed by atoms with E-state index in [2.05, 4.69) is 10.5 Å². The maximum absolute atomic E-state index is 12.0. The van der Waals surface area contributed by atoms with Crippen LogP contribution < -0.4 is 10.2 Å². The van der Waals surface area contributed by atoms with Crippen LogP contribution in [-0.4, -0.2) is 37.2 Å². The van der Waals surface area contributed by atoms with E-state index in [1.807, 2.05) is 19.0 Å². The van der Waals surface area contributed by atoms with Crippen molar-refractivity contribution >= 4 is 23.4 Å². The van der Waals surface area contributed by atoms with Gasteiger partial charge in [-0.25, -0.2) is 4.79 Å². The van der Waals surface area contributed by atoms with Crippen molar-refractivity contribution in [3.63, 3.8) is 0 Å². The predicted octanol–water partition coefficient (Wildman–Crippen LogP) is 2.23. The predicted molar refractivity (Wildman–Crippen MR) is 85.5 cm³/mol. The molecule has 0 spiro atoms. The minimum Gasteiger partial charge on any atom is -0.449 e. The van der Waals surface area contributed by atoms with Crippen LogP contribution in [0.15, 0.2) is 34.9 Å². The maximum atomic E-state index is 12.0. The summed E-state index contributed by atoms with van der Waals surface area (Å²) in [5.41, 5.74) is 1.35. The van der Waals surface area contributed by atoms with E-state index in [4.69, 9.17) is 9.26 Å². The molecule has 23 heavy (non-hydrogen) atoms. The van der Waals surface area contributed by atoms with Gasteiger partial charge in [0.2, 0.25) is 0 Å². The quantitative estimate of drug-likeness (QED) is 0.851. The SMILES string of the molecule is Cc1cc(NC(=O)[C@@H](C)OC(=O)c2ccc(N(C)C)cc2)no1. The number of amides is 1. The molecule has 1 amide bonds. The van der Waals surface area contributed by atoms with Crippen LogP contribution in [0, 0.1) is 6.92 Å².